The number of aromatic hydroxyl groups is 2. The largest absolute Gasteiger partial charge is 0.493 e. The lowest BCUT2D eigenvalue weighted by atomic mass is 9.88. The molecule has 1 aromatic heterocycles. The van der Waals surface area contributed by atoms with Gasteiger partial charge in [0.1, 0.15) is 17.7 Å². The molecule has 2 atom stereocenters. The van der Waals surface area contributed by atoms with Crippen LogP contribution in [0.25, 0.3) is 0 Å². The van der Waals surface area contributed by atoms with Gasteiger partial charge in [0.25, 0.3) is 0 Å². The van der Waals surface area contributed by atoms with Crippen molar-refractivity contribution in [3.05, 3.63) is 12.1 Å². The Morgan fingerprint density at radius 2 is 1.66 bits per heavy atom. The molecular formula is C23H36N4O8. The van der Waals surface area contributed by atoms with E-state index in [0.717, 1.165) is 12.1 Å². The molecule has 0 saturated carbocycles. The summed E-state index contributed by atoms with van der Waals surface area (Å²) in [6.45, 7) is 9.56. The zero-order valence-electron chi connectivity index (χ0n) is 20.8. The van der Waals surface area contributed by atoms with E-state index in [0.29, 0.717) is 30.7 Å². The number of alkyl carbamates (subject to hydrolysis) is 1. The van der Waals surface area contributed by atoms with Gasteiger partial charge in [-0.15, -0.1) is 0 Å². The summed E-state index contributed by atoms with van der Waals surface area (Å²) in [5, 5.41) is 24.7. The highest BCUT2D eigenvalue weighted by molar-refractivity contribution is 6.41. The summed E-state index contributed by atoms with van der Waals surface area (Å²) in [5.41, 5.74) is 1.36. The van der Waals surface area contributed by atoms with Gasteiger partial charge in [0, 0.05) is 25.3 Å². The Labute approximate surface area is 204 Å². The minimum absolute atomic E-state index is 0.0286. The molecule has 3 amide bonds. The molecular weight excluding hydrogens is 460 g/mol. The van der Waals surface area contributed by atoms with E-state index in [1.807, 2.05) is 13.8 Å². The van der Waals surface area contributed by atoms with Gasteiger partial charge in [-0.1, -0.05) is 13.8 Å². The van der Waals surface area contributed by atoms with Crippen LogP contribution in [0.2, 0.25) is 0 Å². The molecule has 2 rings (SSSR count). The van der Waals surface area contributed by atoms with Crippen LogP contribution >= 0.6 is 0 Å². The van der Waals surface area contributed by atoms with Gasteiger partial charge in [0.2, 0.25) is 23.5 Å². The van der Waals surface area contributed by atoms with Crippen LogP contribution in [-0.4, -0.2) is 69.5 Å². The molecule has 0 aliphatic carbocycles. The quantitative estimate of drug-likeness (QED) is 0.320. The van der Waals surface area contributed by atoms with Crippen molar-refractivity contribution in [2.75, 3.05) is 18.6 Å². The van der Waals surface area contributed by atoms with E-state index < -0.39 is 53.1 Å². The number of carbonyl (C=O) groups is 4. The number of hydrogen-bond donors (Lipinski definition) is 5. The lowest BCUT2D eigenvalue weighted by Crippen LogP contribution is -2.57. The Kier molecular flexibility index (Phi) is 9.52. The first-order valence-corrected chi connectivity index (χ1v) is 11.6. The van der Waals surface area contributed by atoms with Crippen LogP contribution in [0.1, 0.15) is 53.9 Å². The van der Waals surface area contributed by atoms with Crippen LogP contribution in [-0.2, 0) is 23.9 Å². The monoisotopic (exact) mass is 496 g/mol. The fraction of sp³-hybridized carbons (Fsp3) is 0.652. The van der Waals surface area contributed by atoms with Crippen molar-refractivity contribution in [3.8, 4) is 11.8 Å². The number of nitrogens with one attached hydrogen (secondary N) is 3. The van der Waals surface area contributed by atoms with Gasteiger partial charge in [0.05, 0.1) is 0 Å². The third-order valence-electron chi connectivity index (χ3n) is 5.31. The van der Waals surface area contributed by atoms with Gasteiger partial charge >= 0.3 is 12.0 Å². The molecule has 1 aromatic rings. The average molecular weight is 497 g/mol. The van der Waals surface area contributed by atoms with Gasteiger partial charge in [0.15, 0.2) is 0 Å². The SMILES string of the molecule is CC(C)C[C@H](NC(=O)OC(C)(C)C)C(=O)NC(C(=O)C(=O)Nn1c(O)ccc1O)C1CCOCC1. The van der Waals surface area contributed by atoms with E-state index >= 15 is 0 Å². The van der Waals surface area contributed by atoms with Crippen LogP contribution in [0.4, 0.5) is 4.79 Å². The number of ether oxygens (including phenoxy) is 2. The molecule has 35 heavy (non-hydrogen) atoms. The predicted molar refractivity (Wildman–Crippen MR) is 125 cm³/mol. The Bertz CT molecular complexity index is 896. The van der Waals surface area contributed by atoms with Crippen LogP contribution in [0.5, 0.6) is 11.8 Å². The molecule has 196 valence electrons. The number of nitrogens with zero attached hydrogens (tertiary/aromatic N) is 1. The van der Waals surface area contributed by atoms with Crippen molar-refractivity contribution in [2.24, 2.45) is 11.8 Å². The van der Waals surface area contributed by atoms with Crippen molar-refractivity contribution >= 4 is 23.7 Å². The third-order valence-corrected chi connectivity index (χ3v) is 5.31. The zero-order valence-corrected chi connectivity index (χ0v) is 20.8. The first kappa shape index (κ1) is 28.0. The summed E-state index contributed by atoms with van der Waals surface area (Å²) in [6.07, 6.45) is 0.358. The zero-order chi connectivity index (χ0) is 26.3. The van der Waals surface area contributed by atoms with E-state index in [2.05, 4.69) is 16.1 Å². The number of rotatable bonds is 9. The first-order chi connectivity index (χ1) is 16.3. The summed E-state index contributed by atoms with van der Waals surface area (Å²) in [7, 11) is 0. The highest BCUT2D eigenvalue weighted by Crippen LogP contribution is 2.22. The second kappa shape index (κ2) is 11.9. The molecule has 1 aliphatic heterocycles. The Balaban J connectivity index is 2.21. The third kappa shape index (κ3) is 8.46. The maximum absolute atomic E-state index is 13.2. The predicted octanol–water partition coefficient (Wildman–Crippen LogP) is 1.39. The van der Waals surface area contributed by atoms with E-state index in [-0.39, 0.29) is 18.3 Å². The van der Waals surface area contributed by atoms with Crippen molar-refractivity contribution in [2.45, 2.75) is 71.6 Å². The van der Waals surface area contributed by atoms with Crippen LogP contribution in [0, 0.1) is 11.8 Å². The van der Waals surface area contributed by atoms with E-state index in [1.54, 1.807) is 20.8 Å². The Hall–Kier alpha value is -3.28. The second-order valence-electron chi connectivity index (χ2n) is 9.95. The Morgan fingerprint density at radius 3 is 2.17 bits per heavy atom. The molecule has 1 saturated heterocycles. The minimum atomic E-state index is -1.21. The van der Waals surface area contributed by atoms with Gasteiger partial charge in [-0.25, -0.2) is 4.79 Å². The number of hydrogen-bond acceptors (Lipinski definition) is 8. The van der Waals surface area contributed by atoms with Crippen molar-refractivity contribution in [1.82, 2.24) is 15.3 Å². The van der Waals surface area contributed by atoms with E-state index in [1.165, 1.54) is 0 Å². The normalized spacial score (nSPS) is 16.3. The lowest BCUT2D eigenvalue weighted by Gasteiger charge is -2.31. The smallest absolute Gasteiger partial charge is 0.408 e. The molecule has 1 unspecified atom stereocenters. The van der Waals surface area contributed by atoms with E-state index in [4.69, 9.17) is 9.47 Å². The molecule has 0 bridgehead atoms. The summed E-state index contributed by atoms with van der Waals surface area (Å²) >= 11 is 0. The summed E-state index contributed by atoms with van der Waals surface area (Å²) in [4.78, 5) is 51.3. The van der Waals surface area contributed by atoms with Gasteiger partial charge in [-0.2, -0.15) is 4.68 Å². The van der Waals surface area contributed by atoms with Crippen LogP contribution in [0.3, 0.4) is 0 Å². The number of Topliss-reactive ketones (excluding diaryl/α,β-unsaturated/α-hetero) is 1. The molecule has 1 fully saturated rings. The summed E-state index contributed by atoms with van der Waals surface area (Å²) < 4.78 is 11.3. The molecule has 0 aromatic carbocycles. The van der Waals surface area contributed by atoms with Crippen LogP contribution < -0.4 is 16.1 Å². The van der Waals surface area contributed by atoms with Crippen LogP contribution in [0.15, 0.2) is 12.1 Å². The molecule has 5 N–H and O–H groups in total. The Morgan fingerprint density at radius 1 is 1.09 bits per heavy atom. The van der Waals surface area contributed by atoms with Gasteiger partial charge < -0.3 is 30.3 Å². The number of amides is 3. The van der Waals surface area contributed by atoms with E-state index in [9.17, 15) is 29.4 Å². The maximum atomic E-state index is 13.2. The second-order valence-corrected chi connectivity index (χ2v) is 9.95. The average Bonchev–Trinajstić information content (AvgIpc) is 3.07. The molecule has 0 spiro atoms. The number of aromatic nitrogens is 1. The summed E-state index contributed by atoms with van der Waals surface area (Å²) in [6, 6.07) is 0.0646. The molecule has 1 aliphatic rings. The van der Waals surface area contributed by atoms with Crippen molar-refractivity contribution in [3.63, 3.8) is 0 Å². The molecule has 2 heterocycles. The number of carbonyl (C=O) groups excluding carboxylic acids is 4. The fourth-order valence-electron chi connectivity index (χ4n) is 3.68. The lowest BCUT2D eigenvalue weighted by molar-refractivity contribution is -0.140. The highest BCUT2D eigenvalue weighted by atomic mass is 16.6. The first-order valence-electron chi connectivity index (χ1n) is 11.6. The standard InChI is InChI=1S/C23H36N4O8/c1-13(2)12-15(24-22(33)35-23(3,4)5)20(31)25-18(14-8-10-34-11-9-14)19(30)21(32)26-27-16(28)6-7-17(27)29/h6-7,13-15,18,28-29H,8-12H2,1-5H3,(H,24,33)(H,25,31)(H,26,32)/t15-,18?/m0/s1. The maximum Gasteiger partial charge on any atom is 0.408 e. The number of ketones is 1. The van der Waals surface area contributed by atoms with Gasteiger partial charge in [-0.05, 0) is 51.9 Å². The van der Waals surface area contributed by atoms with Gasteiger partial charge in [-0.3, -0.25) is 19.8 Å². The fourth-order valence-corrected chi connectivity index (χ4v) is 3.68. The van der Waals surface area contributed by atoms with Crippen molar-refractivity contribution < 1.29 is 38.9 Å². The summed E-state index contributed by atoms with van der Waals surface area (Å²) in [5.74, 6) is -4.04. The molecule has 0 radical (unpaired) electrons. The topological polar surface area (TPSA) is 168 Å². The minimum Gasteiger partial charge on any atom is -0.493 e. The van der Waals surface area contributed by atoms with Crippen molar-refractivity contribution in [1.29, 1.82) is 0 Å². The molecule has 12 nitrogen and oxygen atoms in total. The molecule has 12 heteroatoms. The highest BCUT2D eigenvalue weighted by Gasteiger charge is 2.37.